The molecular formula is C18H15N5O5. The number of non-ortho nitro benzene ring substituents is 1. The first-order valence-electron chi connectivity index (χ1n) is 8.05. The number of nitro benzene ring substituents is 1. The Bertz CT molecular complexity index is 1150. The van der Waals surface area contributed by atoms with Crippen LogP contribution in [0.1, 0.15) is 5.69 Å². The molecule has 0 atom stereocenters. The van der Waals surface area contributed by atoms with Gasteiger partial charge in [0.2, 0.25) is 0 Å². The van der Waals surface area contributed by atoms with Gasteiger partial charge in [0.25, 0.3) is 11.2 Å². The fourth-order valence-corrected chi connectivity index (χ4v) is 2.50. The number of fused-ring (bicyclic) bond motifs is 1. The predicted molar refractivity (Wildman–Crippen MR) is 102 cm³/mol. The highest BCUT2D eigenvalue weighted by Crippen LogP contribution is 2.16. The fraction of sp³-hybridized carbons (Fsp3) is 0.111. The standard InChI is InChI=1S/C18H15N5O5/c1-22-14-6-4-3-5-13(14)19-15(17(22)24)16(18(25)28-2)21-20-11-7-9-12(10-8-11)23(26)27/h3-10,20H,1-2H3/b21-16+. The molecular weight excluding hydrogens is 366 g/mol. The second kappa shape index (κ2) is 7.66. The lowest BCUT2D eigenvalue weighted by molar-refractivity contribution is -0.384. The summed E-state index contributed by atoms with van der Waals surface area (Å²) in [7, 11) is 2.73. The number of aromatic nitrogens is 2. The molecule has 0 saturated heterocycles. The van der Waals surface area contributed by atoms with Crippen LogP contribution in [0, 0.1) is 10.1 Å². The number of hydrogen-bond acceptors (Lipinski definition) is 8. The molecule has 0 aliphatic heterocycles. The first kappa shape index (κ1) is 18.7. The van der Waals surface area contributed by atoms with Crippen LogP contribution in [-0.4, -0.2) is 33.3 Å². The van der Waals surface area contributed by atoms with E-state index in [9.17, 15) is 19.7 Å². The highest BCUT2D eigenvalue weighted by atomic mass is 16.6. The summed E-state index contributed by atoms with van der Waals surface area (Å²) in [6.07, 6.45) is 0. The second-order valence-electron chi connectivity index (χ2n) is 5.68. The van der Waals surface area contributed by atoms with Crippen LogP contribution in [0.15, 0.2) is 58.4 Å². The summed E-state index contributed by atoms with van der Waals surface area (Å²) in [5, 5.41) is 14.7. The van der Waals surface area contributed by atoms with Crippen LogP contribution in [-0.2, 0) is 16.6 Å². The number of methoxy groups -OCH3 is 1. The molecule has 28 heavy (non-hydrogen) atoms. The molecule has 0 aliphatic carbocycles. The summed E-state index contributed by atoms with van der Waals surface area (Å²) in [6.45, 7) is 0. The Balaban J connectivity index is 2.05. The maximum absolute atomic E-state index is 12.7. The third-order valence-electron chi connectivity index (χ3n) is 3.96. The monoisotopic (exact) mass is 381 g/mol. The minimum absolute atomic E-state index is 0.0900. The summed E-state index contributed by atoms with van der Waals surface area (Å²) < 4.78 is 6.09. The van der Waals surface area contributed by atoms with E-state index in [4.69, 9.17) is 4.74 Å². The lowest BCUT2D eigenvalue weighted by Gasteiger charge is -2.09. The van der Waals surface area contributed by atoms with Crippen LogP contribution in [0.2, 0.25) is 0 Å². The first-order valence-corrected chi connectivity index (χ1v) is 8.05. The van der Waals surface area contributed by atoms with Crippen LogP contribution >= 0.6 is 0 Å². The zero-order chi connectivity index (χ0) is 20.3. The van der Waals surface area contributed by atoms with Gasteiger partial charge in [0.1, 0.15) is 0 Å². The maximum Gasteiger partial charge on any atom is 0.360 e. The number of aryl methyl sites for hydroxylation is 1. The van der Waals surface area contributed by atoms with Crippen molar-refractivity contribution < 1.29 is 14.5 Å². The molecule has 0 unspecified atom stereocenters. The van der Waals surface area contributed by atoms with E-state index >= 15 is 0 Å². The zero-order valence-electron chi connectivity index (χ0n) is 14.9. The van der Waals surface area contributed by atoms with Crippen molar-refractivity contribution in [2.45, 2.75) is 0 Å². The number of hydrogen-bond donors (Lipinski definition) is 1. The molecule has 0 spiro atoms. The normalized spacial score (nSPS) is 11.3. The molecule has 10 nitrogen and oxygen atoms in total. The molecule has 3 aromatic rings. The van der Waals surface area contributed by atoms with Gasteiger partial charge in [-0.25, -0.2) is 9.78 Å². The number of ether oxygens (including phenoxy) is 1. The third-order valence-corrected chi connectivity index (χ3v) is 3.96. The topological polar surface area (TPSA) is 129 Å². The highest BCUT2D eigenvalue weighted by molar-refractivity contribution is 6.42. The largest absolute Gasteiger partial charge is 0.464 e. The van der Waals surface area contributed by atoms with Crippen LogP contribution in [0.25, 0.3) is 11.0 Å². The van der Waals surface area contributed by atoms with Gasteiger partial charge in [-0.05, 0) is 24.3 Å². The Kier molecular flexibility index (Phi) is 5.12. The summed E-state index contributed by atoms with van der Waals surface area (Å²) in [5.41, 5.74) is 2.98. The van der Waals surface area contributed by atoms with E-state index in [1.165, 1.54) is 28.8 Å². The van der Waals surface area contributed by atoms with E-state index in [1.807, 2.05) is 0 Å². The van der Waals surface area contributed by atoms with Crippen molar-refractivity contribution in [3.05, 3.63) is 74.7 Å². The Morgan fingerprint density at radius 2 is 1.89 bits per heavy atom. The molecule has 10 heteroatoms. The molecule has 0 radical (unpaired) electrons. The van der Waals surface area contributed by atoms with Gasteiger partial charge in [-0.15, -0.1) is 0 Å². The minimum atomic E-state index is -0.853. The molecule has 0 amide bonds. The highest BCUT2D eigenvalue weighted by Gasteiger charge is 2.22. The number of nitrogens with one attached hydrogen (secondary N) is 1. The van der Waals surface area contributed by atoms with Gasteiger partial charge in [-0.3, -0.25) is 20.3 Å². The number of nitro groups is 1. The van der Waals surface area contributed by atoms with E-state index in [1.54, 1.807) is 31.3 Å². The van der Waals surface area contributed by atoms with Gasteiger partial charge in [-0.1, -0.05) is 12.1 Å². The average Bonchev–Trinajstić information content (AvgIpc) is 2.71. The van der Waals surface area contributed by atoms with Gasteiger partial charge in [0.15, 0.2) is 11.4 Å². The van der Waals surface area contributed by atoms with E-state index < -0.39 is 16.5 Å². The third kappa shape index (κ3) is 3.56. The van der Waals surface area contributed by atoms with E-state index in [0.29, 0.717) is 16.7 Å². The molecule has 3 rings (SSSR count). The number of benzene rings is 2. The van der Waals surface area contributed by atoms with Crippen LogP contribution in [0.4, 0.5) is 11.4 Å². The first-order chi connectivity index (χ1) is 13.4. The van der Waals surface area contributed by atoms with Crippen molar-refractivity contribution in [1.82, 2.24) is 9.55 Å². The van der Waals surface area contributed by atoms with Crippen LogP contribution < -0.4 is 11.0 Å². The molecule has 0 fully saturated rings. The number of rotatable bonds is 5. The number of anilines is 1. The van der Waals surface area contributed by atoms with Crippen molar-refractivity contribution in [1.29, 1.82) is 0 Å². The summed E-state index contributed by atoms with van der Waals surface area (Å²) in [5.74, 6) is -0.853. The Hall–Kier alpha value is -4.08. The molecule has 0 saturated carbocycles. The summed E-state index contributed by atoms with van der Waals surface area (Å²) in [4.78, 5) is 39.3. The van der Waals surface area contributed by atoms with E-state index in [0.717, 1.165) is 7.11 Å². The average molecular weight is 381 g/mol. The molecule has 142 valence electrons. The molecule has 1 N–H and O–H groups in total. The SMILES string of the molecule is COC(=O)/C(=N/Nc1ccc([N+](=O)[O-])cc1)c1nc2ccccc2n(C)c1=O. The van der Waals surface area contributed by atoms with E-state index in [-0.39, 0.29) is 17.1 Å². The Labute approximate surface area is 158 Å². The number of carbonyl (C=O) groups excluding carboxylic acids is 1. The second-order valence-corrected chi connectivity index (χ2v) is 5.68. The molecule has 0 aliphatic rings. The lowest BCUT2D eigenvalue weighted by atomic mass is 10.2. The van der Waals surface area contributed by atoms with Gasteiger partial charge in [-0.2, -0.15) is 5.10 Å². The van der Waals surface area contributed by atoms with Gasteiger partial charge in [0.05, 0.1) is 28.8 Å². The maximum atomic E-state index is 12.7. The summed E-state index contributed by atoms with van der Waals surface area (Å²) in [6, 6.07) is 12.4. The van der Waals surface area contributed by atoms with Crippen molar-refractivity contribution in [2.24, 2.45) is 12.1 Å². The van der Waals surface area contributed by atoms with E-state index in [2.05, 4.69) is 15.5 Å². The Morgan fingerprint density at radius 1 is 1.21 bits per heavy atom. The molecule has 1 aromatic heterocycles. The predicted octanol–water partition coefficient (Wildman–Crippen LogP) is 1.83. The fourth-order valence-electron chi connectivity index (χ4n) is 2.50. The lowest BCUT2D eigenvalue weighted by Crippen LogP contribution is -2.32. The number of para-hydroxylation sites is 2. The summed E-state index contributed by atoms with van der Waals surface area (Å²) >= 11 is 0. The number of esters is 1. The van der Waals surface area contributed by atoms with Gasteiger partial charge < -0.3 is 9.30 Å². The zero-order valence-corrected chi connectivity index (χ0v) is 14.9. The van der Waals surface area contributed by atoms with Crippen LogP contribution in [0.3, 0.4) is 0 Å². The van der Waals surface area contributed by atoms with Gasteiger partial charge in [0, 0.05) is 19.2 Å². The van der Waals surface area contributed by atoms with Crippen molar-refractivity contribution >= 4 is 34.1 Å². The van der Waals surface area contributed by atoms with Crippen LogP contribution in [0.5, 0.6) is 0 Å². The number of carbonyl (C=O) groups is 1. The number of nitrogens with zero attached hydrogens (tertiary/aromatic N) is 4. The number of hydrazone groups is 1. The minimum Gasteiger partial charge on any atom is -0.464 e. The van der Waals surface area contributed by atoms with Gasteiger partial charge >= 0.3 is 5.97 Å². The van der Waals surface area contributed by atoms with Crippen molar-refractivity contribution in [3.63, 3.8) is 0 Å². The molecule has 0 bridgehead atoms. The molecule has 1 heterocycles. The molecule has 2 aromatic carbocycles. The smallest absolute Gasteiger partial charge is 0.360 e. The quantitative estimate of drug-likeness (QED) is 0.309. The van der Waals surface area contributed by atoms with Crippen molar-refractivity contribution in [2.75, 3.05) is 12.5 Å². The van der Waals surface area contributed by atoms with Crippen molar-refractivity contribution in [3.8, 4) is 0 Å². The Morgan fingerprint density at radius 3 is 2.54 bits per heavy atom.